The third kappa shape index (κ3) is 5.26. The van der Waals surface area contributed by atoms with Gasteiger partial charge in [-0.1, -0.05) is 6.92 Å². The van der Waals surface area contributed by atoms with Gasteiger partial charge in [0.2, 0.25) is 5.91 Å². The summed E-state index contributed by atoms with van der Waals surface area (Å²) in [5.41, 5.74) is 0.811. The highest BCUT2D eigenvalue weighted by molar-refractivity contribution is 5.76. The lowest BCUT2D eigenvalue weighted by atomic mass is 9.85. The average Bonchev–Trinajstić information content (AvgIpc) is 2.66. The molecule has 0 aromatic heterocycles. The summed E-state index contributed by atoms with van der Waals surface area (Å²) in [5, 5.41) is 6.41. The van der Waals surface area contributed by atoms with Gasteiger partial charge in [0.05, 0.1) is 33.4 Å². The smallest absolute Gasteiger partial charge is 0.220 e. The molecule has 0 radical (unpaired) electrons. The molecular formula is C19H30N2O4. The van der Waals surface area contributed by atoms with E-state index in [1.54, 1.807) is 33.5 Å². The molecule has 25 heavy (non-hydrogen) atoms. The molecule has 2 atom stereocenters. The number of rotatable bonds is 8. The lowest BCUT2D eigenvalue weighted by Crippen LogP contribution is -2.35. The fraction of sp³-hybridized carbons (Fsp3) is 0.632. The van der Waals surface area contributed by atoms with Gasteiger partial charge in [-0.3, -0.25) is 4.79 Å². The van der Waals surface area contributed by atoms with Gasteiger partial charge in [0.15, 0.2) is 0 Å². The molecular weight excluding hydrogens is 320 g/mol. The van der Waals surface area contributed by atoms with Gasteiger partial charge in [0.1, 0.15) is 17.2 Å². The van der Waals surface area contributed by atoms with Crippen LogP contribution in [-0.2, 0) is 11.3 Å². The Balaban J connectivity index is 1.96. The molecule has 0 saturated carbocycles. The number of nitrogens with one attached hydrogen (secondary N) is 2. The molecule has 6 nitrogen and oxygen atoms in total. The molecule has 140 valence electrons. The molecule has 1 aliphatic rings. The van der Waals surface area contributed by atoms with Gasteiger partial charge in [-0.2, -0.15) is 0 Å². The van der Waals surface area contributed by atoms with Crippen molar-refractivity contribution in [3.8, 4) is 17.2 Å². The topological polar surface area (TPSA) is 68.8 Å². The maximum atomic E-state index is 12.4. The molecule has 2 rings (SSSR count). The van der Waals surface area contributed by atoms with Crippen LogP contribution in [0.2, 0.25) is 0 Å². The first-order valence-electron chi connectivity index (χ1n) is 8.85. The Morgan fingerprint density at radius 3 is 2.44 bits per heavy atom. The number of amides is 1. The van der Waals surface area contributed by atoms with E-state index >= 15 is 0 Å². The summed E-state index contributed by atoms with van der Waals surface area (Å²) in [5.74, 6) is 2.93. The van der Waals surface area contributed by atoms with Crippen LogP contribution in [-0.4, -0.2) is 40.3 Å². The number of carbonyl (C=O) groups is 1. The van der Waals surface area contributed by atoms with E-state index < -0.39 is 0 Å². The molecule has 0 spiro atoms. The van der Waals surface area contributed by atoms with Crippen molar-refractivity contribution in [1.29, 1.82) is 0 Å². The van der Waals surface area contributed by atoms with Crippen LogP contribution in [0.5, 0.6) is 17.2 Å². The second-order valence-corrected chi connectivity index (χ2v) is 6.58. The monoisotopic (exact) mass is 350 g/mol. The van der Waals surface area contributed by atoms with E-state index in [2.05, 4.69) is 17.6 Å². The standard InChI is InChI=1S/C19H30N2O4/c1-13(14-6-5-7-20-11-14)8-19(22)21-12-16-17(24-3)9-15(23-2)10-18(16)25-4/h9-10,13-14,20H,5-8,11-12H2,1-4H3,(H,21,22). The van der Waals surface area contributed by atoms with Crippen molar-refractivity contribution in [2.75, 3.05) is 34.4 Å². The highest BCUT2D eigenvalue weighted by Gasteiger charge is 2.22. The average molecular weight is 350 g/mol. The largest absolute Gasteiger partial charge is 0.496 e. The lowest BCUT2D eigenvalue weighted by molar-refractivity contribution is -0.122. The minimum absolute atomic E-state index is 0.0537. The Morgan fingerprint density at radius 2 is 1.92 bits per heavy atom. The van der Waals surface area contributed by atoms with Crippen LogP contribution in [0.3, 0.4) is 0 Å². The Bertz CT molecular complexity index is 546. The SMILES string of the molecule is COc1cc(OC)c(CNC(=O)CC(C)C2CCCNC2)c(OC)c1. The Labute approximate surface area is 150 Å². The first-order valence-corrected chi connectivity index (χ1v) is 8.85. The number of ether oxygens (including phenoxy) is 3. The maximum absolute atomic E-state index is 12.4. The minimum atomic E-state index is 0.0537. The molecule has 0 bridgehead atoms. The number of methoxy groups -OCH3 is 3. The summed E-state index contributed by atoms with van der Waals surface area (Å²) in [6.07, 6.45) is 2.92. The van der Waals surface area contributed by atoms with E-state index in [0.29, 0.717) is 42.0 Å². The summed E-state index contributed by atoms with van der Waals surface area (Å²) in [4.78, 5) is 12.4. The fourth-order valence-electron chi connectivity index (χ4n) is 3.33. The van der Waals surface area contributed by atoms with Crippen LogP contribution >= 0.6 is 0 Å². The van der Waals surface area contributed by atoms with E-state index in [9.17, 15) is 4.79 Å². The van der Waals surface area contributed by atoms with Crippen molar-refractivity contribution < 1.29 is 19.0 Å². The normalized spacial score (nSPS) is 18.3. The predicted molar refractivity (Wildman–Crippen MR) is 97.3 cm³/mol. The van der Waals surface area contributed by atoms with Crippen molar-refractivity contribution in [3.63, 3.8) is 0 Å². The molecule has 1 aliphatic heterocycles. The second-order valence-electron chi connectivity index (χ2n) is 6.58. The van der Waals surface area contributed by atoms with Crippen LogP contribution in [0, 0.1) is 11.8 Å². The van der Waals surface area contributed by atoms with E-state index in [0.717, 1.165) is 18.7 Å². The van der Waals surface area contributed by atoms with Crippen molar-refractivity contribution in [2.45, 2.75) is 32.7 Å². The molecule has 1 aromatic rings. The van der Waals surface area contributed by atoms with Gasteiger partial charge in [-0.15, -0.1) is 0 Å². The number of piperidine rings is 1. The number of hydrogen-bond donors (Lipinski definition) is 2. The Morgan fingerprint density at radius 1 is 1.24 bits per heavy atom. The van der Waals surface area contributed by atoms with Crippen molar-refractivity contribution in [1.82, 2.24) is 10.6 Å². The number of hydrogen-bond acceptors (Lipinski definition) is 5. The van der Waals surface area contributed by atoms with Gasteiger partial charge < -0.3 is 24.8 Å². The predicted octanol–water partition coefficient (Wildman–Crippen LogP) is 2.35. The molecule has 1 fully saturated rings. The molecule has 2 unspecified atom stereocenters. The van der Waals surface area contributed by atoms with E-state index in [-0.39, 0.29) is 5.91 Å². The van der Waals surface area contributed by atoms with E-state index in [1.807, 2.05) is 0 Å². The van der Waals surface area contributed by atoms with E-state index in [1.165, 1.54) is 12.8 Å². The molecule has 0 aliphatic carbocycles. The molecule has 1 heterocycles. The molecule has 6 heteroatoms. The third-order valence-electron chi connectivity index (χ3n) is 4.93. The van der Waals surface area contributed by atoms with Crippen molar-refractivity contribution in [3.05, 3.63) is 17.7 Å². The van der Waals surface area contributed by atoms with Crippen LogP contribution < -0.4 is 24.8 Å². The first kappa shape index (κ1) is 19.4. The van der Waals surface area contributed by atoms with Gasteiger partial charge in [0, 0.05) is 18.6 Å². The van der Waals surface area contributed by atoms with Crippen LogP contribution in [0.1, 0.15) is 31.7 Å². The Hall–Kier alpha value is -1.95. The Kier molecular flexibility index (Phi) is 7.37. The quantitative estimate of drug-likeness (QED) is 0.753. The highest BCUT2D eigenvalue weighted by atomic mass is 16.5. The van der Waals surface area contributed by atoms with Gasteiger partial charge in [-0.25, -0.2) is 0 Å². The third-order valence-corrected chi connectivity index (χ3v) is 4.93. The zero-order valence-corrected chi connectivity index (χ0v) is 15.7. The molecule has 2 N–H and O–H groups in total. The summed E-state index contributed by atoms with van der Waals surface area (Å²) in [7, 11) is 4.78. The zero-order valence-electron chi connectivity index (χ0n) is 15.7. The van der Waals surface area contributed by atoms with Crippen LogP contribution in [0.15, 0.2) is 12.1 Å². The number of carbonyl (C=O) groups excluding carboxylic acids is 1. The summed E-state index contributed by atoms with van der Waals surface area (Å²) < 4.78 is 16.1. The maximum Gasteiger partial charge on any atom is 0.220 e. The summed E-state index contributed by atoms with van der Waals surface area (Å²) in [6.45, 7) is 4.62. The van der Waals surface area contributed by atoms with Gasteiger partial charge >= 0.3 is 0 Å². The van der Waals surface area contributed by atoms with E-state index in [4.69, 9.17) is 14.2 Å². The summed E-state index contributed by atoms with van der Waals surface area (Å²) >= 11 is 0. The van der Waals surface area contributed by atoms with Crippen LogP contribution in [0.25, 0.3) is 0 Å². The van der Waals surface area contributed by atoms with Gasteiger partial charge in [0.25, 0.3) is 0 Å². The summed E-state index contributed by atoms with van der Waals surface area (Å²) in [6, 6.07) is 3.58. The molecule has 1 saturated heterocycles. The fourth-order valence-corrected chi connectivity index (χ4v) is 3.33. The lowest BCUT2D eigenvalue weighted by Gasteiger charge is -2.28. The highest BCUT2D eigenvalue weighted by Crippen LogP contribution is 2.34. The first-order chi connectivity index (χ1) is 12.1. The molecule has 1 aromatic carbocycles. The van der Waals surface area contributed by atoms with Crippen molar-refractivity contribution >= 4 is 5.91 Å². The number of benzene rings is 1. The van der Waals surface area contributed by atoms with Crippen molar-refractivity contribution in [2.24, 2.45) is 11.8 Å². The van der Waals surface area contributed by atoms with Gasteiger partial charge in [-0.05, 0) is 37.8 Å². The minimum Gasteiger partial charge on any atom is -0.496 e. The second kappa shape index (κ2) is 9.51. The van der Waals surface area contributed by atoms with Crippen LogP contribution in [0.4, 0.5) is 0 Å². The molecule has 1 amide bonds. The zero-order chi connectivity index (χ0) is 18.2.